The van der Waals surface area contributed by atoms with Gasteiger partial charge in [-0.05, 0) is 37.8 Å². The highest BCUT2D eigenvalue weighted by molar-refractivity contribution is 5.77. The molecule has 0 spiro atoms. The zero-order valence-corrected chi connectivity index (χ0v) is 12.5. The summed E-state index contributed by atoms with van der Waals surface area (Å²) in [5, 5.41) is 0. The molecule has 0 N–H and O–H groups in total. The summed E-state index contributed by atoms with van der Waals surface area (Å²) in [6.07, 6.45) is 0.619. The smallest absolute Gasteiger partial charge is 0.312 e. The largest absolute Gasteiger partial charge is 0.496 e. The summed E-state index contributed by atoms with van der Waals surface area (Å²) in [4.78, 5) is 12.2. The third-order valence-electron chi connectivity index (χ3n) is 3.77. The number of benzene rings is 1. The van der Waals surface area contributed by atoms with Crippen LogP contribution in [0.4, 0.5) is 0 Å². The Morgan fingerprint density at radius 2 is 1.95 bits per heavy atom. The first-order valence-corrected chi connectivity index (χ1v) is 6.74. The zero-order valence-electron chi connectivity index (χ0n) is 12.5. The third kappa shape index (κ3) is 3.49. The molecule has 0 saturated carbocycles. The first-order chi connectivity index (χ1) is 8.95. The summed E-state index contributed by atoms with van der Waals surface area (Å²) < 4.78 is 10.6. The number of hydrogen-bond donors (Lipinski definition) is 0. The molecule has 0 bridgehead atoms. The predicted octanol–water partition coefficient (Wildman–Crippen LogP) is 3.46. The highest BCUT2D eigenvalue weighted by Gasteiger charge is 2.38. The summed E-state index contributed by atoms with van der Waals surface area (Å²) in [5.41, 5.74) is 0.499. The van der Waals surface area contributed by atoms with E-state index in [-0.39, 0.29) is 11.9 Å². The van der Waals surface area contributed by atoms with E-state index in [0.29, 0.717) is 13.0 Å². The van der Waals surface area contributed by atoms with Crippen molar-refractivity contribution in [1.82, 2.24) is 0 Å². The van der Waals surface area contributed by atoms with Crippen LogP contribution in [0.2, 0.25) is 0 Å². The molecule has 0 amide bonds. The van der Waals surface area contributed by atoms with Gasteiger partial charge < -0.3 is 9.47 Å². The molecular weight excluding hydrogens is 240 g/mol. The first-order valence-electron chi connectivity index (χ1n) is 6.74. The Morgan fingerprint density at radius 3 is 2.47 bits per heavy atom. The standard InChI is InChI=1S/C16H24O3/c1-6-19-15(17)16(4,12(2)3)11-13-9-7-8-10-14(13)18-5/h7-10,12H,6,11H2,1-5H3. The fraction of sp³-hybridized carbons (Fsp3) is 0.562. The van der Waals surface area contributed by atoms with E-state index in [0.717, 1.165) is 11.3 Å². The van der Waals surface area contributed by atoms with Crippen molar-refractivity contribution in [3.63, 3.8) is 0 Å². The summed E-state index contributed by atoms with van der Waals surface area (Å²) in [7, 11) is 1.65. The topological polar surface area (TPSA) is 35.5 Å². The van der Waals surface area contributed by atoms with Gasteiger partial charge in [-0.15, -0.1) is 0 Å². The van der Waals surface area contributed by atoms with Crippen LogP contribution in [0.3, 0.4) is 0 Å². The van der Waals surface area contributed by atoms with Gasteiger partial charge in [-0.2, -0.15) is 0 Å². The number of esters is 1. The molecule has 1 rings (SSSR count). The zero-order chi connectivity index (χ0) is 14.5. The van der Waals surface area contributed by atoms with Crippen molar-refractivity contribution >= 4 is 5.97 Å². The number of ether oxygens (including phenoxy) is 2. The Bertz CT molecular complexity index is 426. The van der Waals surface area contributed by atoms with Gasteiger partial charge in [0.25, 0.3) is 0 Å². The van der Waals surface area contributed by atoms with Crippen LogP contribution in [0, 0.1) is 11.3 Å². The van der Waals surface area contributed by atoms with Crippen LogP contribution in [0.15, 0.2) is 24.3 Å². The maximum atomic E-state index is 12.2. The number of para-hydroxylation sites is 1. The normalized spacial score (nSPS) is 14.0. The van der Waals surface area contributed by atoms with Gasteiger partial charge in [0.05, 0.1) is 19.1 Å². The molecule has 0 radical (unpaired) electrons. The van der Waals surface area contributed by atoms with Crippen molar-refractivity contribution < 1.29 is 14.3 Å². The molecule has 0 aliphatic carbocycles. The minimum Gasteiger partial charge on any atom is -0.496 e. The molecule has 3 nitrogen and oxygen atoms in total. The van der Waals surface area contributed by atoms with Crippen LogP contribution in [-0.4, -0.2) is 19.7 Å². The molecule has 1 unspecified atom stereocenters. The Labute approximate surface area is 115 Å². The molecule has 0 fully saturated rings. The number of carbonyl (C=O) groups is 1. The lowest BCUT2D eigenvalue weighted by Crippen LogP contribution is -2.37. The second-order valence-corrected chi connectivity index (χ2v) is 5.28. The van der Waals surface area contributed by atoms with Crippen LogP contribution in [0.1, 0.15) is 33.3 Å². The van der Waals surface area contributed by atoms with E-state index in [1.54, 1.807) is 7.11 Å². The predicted molar refractivity (Wildman–Crippen MR) is 76.3 cm³/mol. The second kappa shape index (κ2) is 6.60. The van der Waals surface area contributed by atoms with Crippen LogP contribution >= 0.6 is 0 Å². The van der Waals surface area contributed by atoms with Gasteiger partial charge in [0.15, 0.2) is 0 Å². The highest BCUT2D eigenvalue weighted by atomic mass is 16.5. The van der Waals surface area contributed by atoms with Crippen LogP contribution in [-0.2, 0) is 16.0 Å². The molecule has 1 aromatic rings. The maximum absolute atomic E-state index is 12.2. The van der Waals surface area contributed by atoms with E-state index in [4.69, 9.17) is 9.47 Å². The van der Waals surface area contributed by atoms with Gasteiger partial charge in [0.1, 0.15) is 5.75 Å². The summed E-state index contributed by atoms with van der Waals surface area (Å²) in [6, 6.07) is 7.81. The van der Waals surface area contributed by atoms with Gasteiger partial charge >= 0.3 is 5.97 Å². The van der Waals surface area contributed by atoms with E-state index < -0.39 is 5.41 Å². The number of carbonyl (C=O) groups excluding carboxylic acids is 1. The first kappa shape index (κ1) is 15.5. The van der Waals surface area contributed by atoms with Crippen LogP contribution < -0.4 is 4.74 Å². The van der Waals surface area contributed by atoms with Crippen LogP contribution in [0.5, 0.6) is 5.75 Å². The summed E-state index contributed by atoms with van der Waals surface area (Å²) in [5.74, 6) is 0.867. The van der Waals surface area contributed by atoms with Crippen molar-refractivity contribution in [1.29, 1.82) is 0 Å². The minimum absolute atomic E-state index is 0.143. The molecule has 19 heavy (non-hydrogen) atoms. The van der Waals surface area contributed by atoms with E-state index in [1.807, 2.05) is 52.0 Å². The highest BCUT2D eigenvalue weighted by Crippen LogP contribution is 2.35. The van der Waals surface area contributed by atoms with Gasteiger partial charge in [-0.25, -0.2) is 0 Å². The Morgan fingerprint density at radius 1 is 1.32 bits per heavy atom. The summed E-state index contributed by atoms with van der Waals surface area (Å²) >= 11 is 0. The van der Waals surface area contributed by atoms with E-state index in [9.17, 15) is 4.79 Å². The van der Waals surface area contributed by atoms with E-state index in [2.05, 4.69) is 0 Å². The molecule has 0 aliphatic heterocycles. The average molecular weight is 264 g/mol. The Kier molecular flexibility index (Phi) is 5.40. The van der Waals surface area contributed by atoms with Crippen LogP contribution in [0.25, 0.3) is 0 Å². The summed E-state index contributed by atoms with van der Waals surface area (Å²) in [6.45, 7) is 8.30. The third-order valence-corrected chi connectivity index (χ3v) is 3.77. The average Bonchev–Trinajstić information content (AvgIpc) is 2.39. The quantitative estimate of drug-likeness (QED) is 0.738. The van der Waals surface area contributed by atoms with Gasteiger partial charge in [-0.3, -0.25) is 4.79 Å². The fourth-order valence-corrected chi connectivity index (χ4v) is 2.05. The van der Waals surface area contributed by atoms with Gasteiger partial charge in [0.2, 0.25) is 0 Å². The molecule has 0 aromatic heterocycles. The van der Waals surface area contributed by atoms with E-state index in [1.165, 1.54) is 0 Å². The van der Waals surface area contributed by atoms with Crippen molar-refractivity contribution in [2.24, 2.45) is 11.3 Å². The molecule has 1 atom stereocenters. The Balaban J connectivity index is 3.05. The second-order valence-electron chi connectivity index (χ2n) is 5.28. The van der Waals surface area contributed by atoms with Crippen molar-refractivity contribution in [3.05, 3.63) is 29.8 Å². The van der Waals surface area contributed by atoms with Gasteiger partial charge in [-0.1, -0.05) is 32.0 Å². The van der Waals surface area contributed by atoms with Crippen molar-refractivity contribution in [2.45, 2.75) is 34.1 Å². The lowest BCUT2D eigenvalue weighted by molar-refractivity contribution is -0.157. The molecule has 0 saturated heterocycles. The number of rotatable bonds is 6. The lowest BCUT2D eigenvalue weighted by atomic mass is 9.74. The number of methoxy groups -OCH3 is 1. The van der Waals surface area contributed by atoms with Crippen molar-refractivity contribution in [2.75, 3.05) is 13.7 Å². The molecule has 0 aliphatic rings. The molecule has 3 heteroatoms. The molecule has 106 valence electrons. The molecule has 1 aromatic carbocycles. The van der Waals surface area contributed by atoms with Crippen molar-refractivity contribution in [3.8, 4) is 5.75 Å². The SMILES string of the molecule is CCOC(=O)C(C)(Cc1ccccc1OC)C(C)C. The Hall–Kier alpha value is -1.51. The van der Waals surface area contributed by atoms with Gasteiger partial charge in [0, 0.05) is 0 Å². The molecule has 0 heterocycles. The lowest BCUT2D eigenvalue weighted by Gasteiger charge is -2.31. The fourth-order valence-electron chi connectivity index (χ4n) is 2.05. The van der Waals surface area contributed by atoms with E-state index >= 15 is 0 Å². The molecular formula is C16H24O3. The maximum Gasteiger partial charge on any atom is 0.312 e. The monoisotopic (exact) mass is 264 g/mol. The minimum atomic E-state index is -0.537. The number of hydrogen-bond acceptors (Lipinski definition) is 3.